The van der Waals surface area contributed by atoms with E-state index in [1.54, 1.807) is 0 Å². The van der Waals surface area contributed by atoms with Crippen LogP contribution in [0.25, 0.3) is 0 Å². The molecule has 20 heavy (non-hydrogen) atoms. The van der Waals surface area contributed by atoms with Gasteiger partial charge in [-0.15, -0.1) is 0 Å². The van der Waals surface area contributed by atoms with Crippen LogP contribution in [0.2, 0.25) is 0 Å². The van der Waals surface area contributed by atoms with Crippen molar-refractivity contribution in [1.82, 2.24) is 20.4 Å². The third-order valence-electron chi connectivity index (χ3n) is 4.76. The monoisotopic (exact) mass is 278 g/mol. The highest BCUT2D eigenvalue weighted by molar-refractivity contribution is 5.79. The molecular weight excluding hydrogens is 256 g/mol. The molecule has 1 spiro atoms. The van der Waals surface area contributed by atoms with Gasteiger partial charge in [0.1, 0.15) is 0 Å². The number of aromatic nitrogens is 2. The molecule has 110 valence electrons. The Morgan fingerprint density at radius 1 is 1.35 bits per heavy atom. The van der Waals surface area contributed by atoms with Gasteiger partial charge in [-0.25, -0.2) is 0 Å². The molecule has 1 atom stereocenters. The molecule has 0 saturated carbocycles. The van der Waals surface area contributed by atoms with Gasteiger partial charge in [0.2, 0.25) is 5.91 Å². The molecule has 1 amide bonds. The molecule has 1 aromatic heterocycles. The lowest BCUT2D eigenvalue weighted by Crippen LogP contribution is -2.47. The van der Waals surface area contributed by atoms with E-state index in [1.807, 2.05) is 11.8 Å². The molecule has 3 rings (SSSR count). The summed E-state index contributed by atoms with van der Waals surface area (Å²) in [5, 5.41) is 8.72. The van der Waals surface area contributed by atoms with E-state index in [1.165, 1.54) is 6.42 Å². The summed E-state index contributed by atoms with van der Waals surface area (Å²) in [5.41, 5.74) is 1.43. The SMILES string of the molecule is Cc1[nH][nH]c(=O)c1CC(=O)N1CCCC2(CCNC2)C1. The highest BCUT2D eigenvalue weighted by Gasteiger charge is 2.39. The molecule has 6 heteroatoms. The quantitative estimate of drug-likeness (QED) is 0.720. The molecule has 2 aliphatic heterocycles. The molecule has 6 nitrogen and oxygen atoms in total. The number of hydrogen-bond acceptors (Lipinski definition) is 3. The normalized spacial score (nSPS) is 26.4. The molecule has 3 heterocycles. The predicted octanol–water partition coefficient (Wildman–Crippen LogP) is 0.156. The van der Waals surface area contributed by atoms with Gasteiger partial charge in [-0.2, -0.15) is 0 Å². The molecule has 0 aliphatic carbocycles. The van der Waals surface area contributed by atoms with Gasteiger partial charge in [0.05, 0.1) is 6.42 Å². The maximum Gasteiger partial charge on any atom is 0.267 e. The molecule has 1 unspecified atom stereocenters. The van der Waals surface area contributed by atoms with E-state index in [0.717, 1.165) is 44.7 Å². The van der Waals surface area contributed by atoms with E-state index in [0.29, 0.717) is 5.56 Å². The van der Waals surface area contributed by atoms with Gasteiger partial charge in [-0.05, 0) is 32.7 Å². The third-order valence-corrected chi connectivity index (χ3v) is 4.76. The fourth-order valence-corrected chi connectivity index (χ4v) is 3.51. The molecule has 3 N–H and O–H groups in total. The summed E-state index contributed by atoms with van der Waals surface area (Å²) >= 11 is 0. The van der Waals surface area contributed by atoms with Crippen LogP contribution in [0.5, 0.6) is 0 Å². The summed E-state index contributed by atoms with van der Waals surface area (Å²) in [7, 11) is 0. The number of nitrogens with zero attached hydrogens (tertiary/aromatic N) is 1. The lowest BCUT2D eigenvalue weighted by Gasteiger charge is -2.40. The van der Waals surface area contributed by atoms with Crippen molar-refractivity contribution < 1.29 is 4.79 Å². The molecule has 0 radical (unpaired) electrons. The van der Waals surface area contributed by atoms with Crippen LogP contribution in [-0.2, 0) is 11.2 Å². The van der Waals surface area contributed by atoms with Crippen molar-refractivity contribution in [1.29, 1.82) is 0 Å². The van der Waals surface area contributed by atoms with Crippen LogP contribution in [0.1, 0.15) is 30.5 Å². The van der Waals surface area contributed by atoms with Crippen molar-refractivity contribution in [3.63, 3.8) is 0 Å². The molecule has 2 fully saturated rings. The van der Waals surface area contributed by atoms with E-state index in [4.69, 9.17) is 0 Å². The van der Waals surface area contributed by atoms with Crippen molar-refractivity contribution in [2.24, 2.45) is 5.41 Å². The number of carbonyl (C=O) groups is 1. The molecule has 2 aliphatic rings. The van der Waals surface area contributed by atoms with Gasteiger partial charge < -0.3 is 15.3 Å². The zero-order valence-electron chi connectivity index (χ0n) is 11.9. The first-order valence-electron chi connectivity index (χ1n) is 7.34. The van der Waals surface area contributed by atoms with Gasteiger partial charge in [0.15, 0.2) is 0 Å². The second-order valence-electron chi connectivity index (χ2n) is 6.21. The Kier molecular flexibility index (Phi) is 3.41. The lowest BCUT2D eigenvalue weighted by molar-refractivity contribution is -0.133. The number of H-pyrrole nitrogens is 2. The maximum atomic E-state index is 12.4. The number of piperidine rings is 1. The Labute approximate surface area is 117 Å². The fraction of sp³-hybridized carbons (Fsp3) is 0.714. The second-order valence-corrected chi connectivity index (χ2v) is 6.21. The van der Waals surface area contributed by atoms with E-state index < -0.39 is 0 Å². The minimum Gasteiger partial charge on any atom is -0.342 e. The van der Waals surface area contributed by atoms with Crippen LogP contribution in [0.15, 0.2) is 4.79 Å². The Morgan fingerprint density at radius 2 is 2.20 bits per heavy atom. The lowest BCUT2D eigenvalue weighted by atomic mass is 9.79. The molecule has 0 aromatic carbocycles. The number of hydrogen-bond donors (Lipinski definition) is 3. The van der Waals surface area contributed by atoms with Gasteiger partial charge >= 0.3 is 0 Å². The molecule has 1 aromatic rings. The highest BCUT2D eigenvalue weighted by atomic mass is 16.2. The Hall–Kier alpha value is -1.56. The van der Waals surface area contributed by atoms with Gasteiger partial charge in [-0.1, -0.05) is 0 Å². The Morgan fingerprint density at radius 3 is 2.85 bits per heavy atom. The number of nitrogens with one attached hydrogen (secondary N) is 3. The highest BCUT2D eigenvalue weighted by Crippen LogP contribution is 2.35. The van der Waals surface area contributed by atoms with Crippen molar-refractivity contribution in [3.05, 3.63) is 21.6 Å². The number of aromatic amines is 2. The zero-order chi connectivity index (χ0) is 14.2. The summed E-state index contributed by atoms with van der Waals surface area (Å²) in [6.07, 6.45) is 3.62. The second kappa shape index (κ2) is 5.09. The molecule has 0 bridgehead atoms. The average molecular weight is 278 g/mol. The summed E-state index contributed by atoms with van der Waals surface area (Å²) in [6.45, 7) is 5.54. The van der Waals surface area contributed by atoms with Crippen LogP contribution >= 0.6 is 0 Å². The van der Waals surface area contributed by atoms with Crippen molar-refractivity contribution in [2.45, 2.75) is 32.6 Å². The number of amides is 1. The van der Waals surface area contributed by atoms with Gasteiger partial charge in [0, 0.05) is 36.3 Å². The van der Waals surface area contributed by atoms with Crippen LogP contribution in [-0.4, -0.2) is 47.2 Å². The van der Waals surface area contributed by atoms with E-state index in [2.05, 4.69) is 15.5 Å². The average Bonchev–Trinajstić information content (AvgIpc) is 3.01. The predicted molar refractivity (Wildman–Crippen MR) is 75.6 cm³/mol. The Balaban J connectivity index is 1.69. The first-order chi connectivity index (χ1) is 9.60. The van der Waals surface area contributed by atoms with Gasteiger partial charge in [0.25, 0.3) is 5.56 Å². The Bertz CT molecular complexity index is 554. The standard InChI is InChI=1S/C14H22N4O2/c1-10-11(13(20)17-16-10)7-12(19)18-6-2-3-14(9-18)4-5-15-8-14/h15H,2-9H2,1H3,(H2,16,17,20). The minimum absolute atomic E-state index is 0.0733. The molecule has 2 saturated heterocycles. The van der Waals surface area contributed by atoms with Crippen LogP contribution in [0.3, 0.4) is 0 Å². The minimum atomic E-state index is -0.176. The molecular formula is C14H22N4O2. The van der Waals surface area contributed by atoms with Crippen LogP contribution < -0.4 is 10.9 Å². The fourth-order valence-electron chi connectivity index (χ4n) is 3.51. The van der Waals surface area contributed by atoms with Crippen LogP contribution in [0.4, 0.5) is 0 Å². The third kappa shape index (κ3) is 2.40. The van der Waals surface area contributed by atoms with E-state index in [-0.39, 0.29) is 23.3 Å². The first kappa shape index (κ1) is 13.4. The number of carbonyl (C=O) groups excluding carboxylic acids is 1. The number of aryl methyl sites for hydroxylation is 1. The van der Waals surface area contributed by atoms with Crippen molar-refractivity contribution in [3.8, 4) is 0 Å². The number of rotatable bonds is 2. The van der Waals surface area contributed by atoms with Crippen LogP contribution in [0, 0.1) is 12.3 Å². The maximum absolute atomic E-state index is 12.4. The smallest absolute Gasteiger partial charge is 0.267 e. The first-order valence-corrected chi connectivity index (χ1v) is 7.34. The number of likely N-dealkylation sites (tertiary alicyclic amines) is 1. The van der Waals surface area contributed by atoms with Gasteiger partial charge in [-0.3, -0.25) is 14.7 Å². The summed E-state index contributed by atoms with van der Waals surface area (Å²) in [4.78, 5) is 26.0. The van der Waals surface area contributed by atoms with Crippen molar-refractivity contribution >= 4 is 5.91 Å². The van der Waals surface area contributed by atoms with Crippen molar-refractivity contribution in [2.75, 3.05) is 26.2 Å². The van der Waals surface area contributed by atoms with E-state index in [9.17, 15) is 9.59 Å². The zero-order valence-corrected chi connectivity index (χ0v) is 11.9. The van der Waals surface area contributed by atoms with E-state index >= 15 is 0 Å². The topological polar surface area (TPSA) is 81.0 Å². The summed E-state index contributed by atoms with van der Waals surface area (Å²) < 4.78 is 0. The summed E-state index contributed by atoms with van der Waals surface area (Å²) in [5.74, 6) is 0.0733. The largest absolute Gasteiger partial charge is 0.342 e. The summed E-state index contributed by atoms with van der Waals surface area (Å²) in [6, 6.07) is 0.